The smallest absolute Gasteiger partial charge is 0.282 e. The molecule has 0 saturated carbocycles. The van der Waals surface area contributed by atoms with E-state index in [9.17, 15) is 8.42 Å². The molecule has 0 spiro atoms. The van der Waals surface area contributed by atoms with Crippen LogP contribution in [-0.4, -0.2) is 68.5 Å². The van der Waals surface area contributed by atoms with Crippen molar-refractivity contribution < 1.29 is 13.2 Å². The van der Waals surface area contributed by atoms with Crippen LogP contribution < -0.4 is 5.32 Å². The van der Waals surface area contributed by atoms with Crippen molar-refractivity contribution in [1.82, 2.24) is 13.9 Å². The van der Waals surface area contributed by atoms with Crippen LogP contribution in [0, 0.1) is 0 Å². The Morgan fingerprint density at radius 2 is 1.89 bits per heavy atom. The van der Waals surface area contributed by atoms with Gasteiger partial charge in [0.2, 0.25) is 0 Å². The third-order valence-electron chi connectivity index (χ3n) is 3.77. The summed E-state index contributed by atoms with van der Waals surface area (Å²) in [6.45, 7) is 6.11. The van der Waals surface area contributed by atoms with Gasteiger partial charge in [-0.15, -0.1) is 0 Å². The molecular formula is C12H25N3O3S. The van der Waals surface area contributed by atoms with E-state index in [1.165, 1.54) is 0 Å². The molecule has 6 nitrogen and oxygen atoms in total. The third kappa shape index (κ3) is 3.28. The lowest BCUT2D eigenvalue weighted by Crippen LogP contribution is -2.54. The van der Waals surface area contributed by atoms with Crippen molar-refractivity contribution in [3.05, 3.63) is 0 Å². The van der Waals surface area contributed by atoms with Crippen LogP contribution in [0.15, 0.2) is 0 Å². The molecule has 2 heterocycles. The Kier molecular flexibility index (Phi) is 4.84. The highest BCUT2D eigenvalue weighted by Gasteiger charge is 2.40. The minimum atomic E-state index is -3.35. The second-order valence-corrected chi connectivity index (χ2v) is 7.43. The number of nitrogens with one attached hydrogen (secondary N) is 1. The van der Waals surface area contributed by atoms with Crippen molar-refractivity contribution in [1.29, 1.82) is 0 Å². The van der Waals surface area contributed by atoms with Gasteiger partial charge in [-0.1, -0.05) is 0 Å². The van der Waals surface area contributed by atoms with Gasteiger partial charge >= 0.3 is 0 Å². The third-order valence-corrected chi connectivity index (χ3v) is 5.80. The van der Waals surface area contributed by atoms with Crippen LogP contribution in [0.25, 0.3) is 0 Å². The van der Waals surface area contributed by atoms with Gasteiger partial charge in [0.1, 0.15) is 0 Å². The quantitative estimate of drug-likeness (QED) is 0.793. The molecule has 2 saturated heterocycles. The molecule has 1 N–H and O–H groups in total. The number of hydrogen-bond acceptors (Lipinski definition) is 4. The van der Waals surface area contributed by atoms with Crippen LogP contribution in [0.5, 0.6) is 0 Å². The van der Waals surface area contributed by atoms with E-state index in [1.54, 1.807) is 8.61 Å². The van der Waals surface area contributed by atoms with Crippen LogP contribution in [0.4, 0.5) is 0 Å². The number of nitrogens with zero attached hydrogens (tertiary/aromatic N) is 2. The molecule has 2 fully saturated rings. The van der Waals surface area contributed by atoms with E-state index < -0.39 is 10.2 Å². The van der Waals surface area contributed by atoms with Crippen molar-refractivity contribution in [2.75, 3.05) is 33.2 Å². The molecule has 0 amide bonds. The van der Waals surface area contributed by atoms with Gasteiger partial charge in [-0.05, 0) is 33.7 Å². The molecule has 0 aromatic heterocycles. The summed E-state index contributed by atoms with van der Waals surface area (Å²) in [5.74, 6) is 0. The van der Waals surface area contributed by atoms with Crippen LogP contribution in [0.3, 0.4) is 0 Å². The first kappa shape index (κ1) is 15.2. The number of rotatable bonds is 4. The standard InChI is InChI=1S/C12H25N3O3S/c1-10-8-14(9-11(2)18-10)19(16,17)15-6-4-5-12(15)7-13-3/h10-13H,4-9H2,1-3H3. The predicted molar refractivity (Wildman–Crippen MR) is 74.2 cm³/mol. The van der Waals surface area contributed by atoms with Gasteiger partial charge in [0.15, 0.2) is 0 Å². The highest BCUT2D eigenvalue weighted by atomic mass is 32.2. The van der Waals surface area contributed by atoms with E-state index in [1.807, 2.05) is 20.9 Å². The minimum Gasteiger partial charge on any atom is -0.373 e. The Labute approximate surface area is 116 Å². The van der Waals surface area contributed by atoms with Gasteiger partial charge in [-0.2, -0.15) is 17.0 Å². The summed E-state index contributed by atoms with van der Waals surface area (Å²) < 4.78 is 34.3. The molecule has 3 unspecified atom stereocenters. The lowest BCUT2D eigenvalue weighted by atomic mass is 10.2. The summed E-state index contributed by atoms with van der Waals surface area (Å²) in [7, 11) is -1.49. The minimum absolute atomic E-state index is 0.0381. The highest BCUT2D eigenvalue weighted by molar-refractivity contribution is 7.86. The first-order valence-electron chi connectivity index (χ1n) is 7.02. The normalized spacial score (nSPS) is 34.8. The van der Waals surface area contributed by atoms with Gasteiger partial charge in [-0.25, -0.2) is 0 Å². The fourth-order valence-electron chi connectivity index (χ4n) is 3.02. The Morgan fingerprint density at radius 3 is 2.47 bits per heavy atom. The summed E-state index contributed by atoms with van der Waals surface area (Å²) in [4.78, 5) is 0. The number of ether oxygens (including phenoxy) is 1. The maximum atomic E-state index is 12.7. The Hall–Kier alpha value is -0.210. The van der Waals surface area contributed by atoms with Gasteiger partial charge in [0, 0.05) is 32.2 Å². The lowest BCUT2D eigenvalue weighted by molar-refractivity contribution is -0.0455. The van der Waals surface area contributed by atoms with E-state index in [0.29, 0.717) is 26.2 Å². The molecule has 2 rings (SSSR count). The summed E-state index contributed by atoms with van der Waals surface area (Å²) in [5, 5.41) is 3.08. The predicted octanol–water partition coefficient (Wildman–Crippen LogP) is 0.0242. The Bertz CT molecular complexity index is 391. The largest absolute Gasteiger partial charge is 0.373 e. The van der Waals surface area contributed by atoms with Crippen molar-refractivity contribution >= 4 is 10.2 Å². The monoisotopic (exact) mass is 291 g/mol. The van der Waals surface area contributed by atoms with Crippen LogP contribution >= 0.6 is 0 Å². The topological polar surface area (TPSA) is 61.9 Å². The summed E-state index contributed by atoms with van der Waals surface area (Å²) >= 11 is 0. The summed E-state index contributed by atoms with van der Waals surface area (Å²) in [6, 6.07) is 0.0865. The molecule has 0 aromatic carbocycles. The lowest BCUT2D eigenvalue weighted by Gasteiger charge is -2.37. The van der Waals surface area contributed by atoms with Crippen molar-refractivity contribution in [3.63, 3.8) is 0 Å². The van der Waals surface area contributed by atoms with Gasteiger partial charge < -0.3 is 10.1 Å². The first-order chi connectivity index (χ1) is 8.95. The molecule has 2 aliphatic heterocycles. The molecule has 0 radical (unpaired) electrons. The molecule has 0 bridgehead atoms. The maximum Gasteiger partial charge on any atom is 0.282 e. The fraction of sp³-hybridized carbons (Fsp3) is 1.00. The van der Waals surface area contributed by atoms with Crippen LogP contribution in [0.2, 0.25) is 0 Å². The van der Waals surface area contributed by atoms with E-state index in [-0.39, 0.29) is 18.2 Å². The Morgan fingerprint density at radius 1 is 1.26 bits per heavy atom. The maximum absolute atomic E-state index is 12.7. The molecular weight excluding hydrogens is 266 g/mol. The van der Waals surface area contributed by atoms with Gasteiger partial charge in [-0.3, -0.25) is 0 Å². The number of likely N-dealkylation sites (N-methyl/N-ethyl adjacent to an activating group) is 1. The second kappa shape index (κ2) is 6.05. The molecule has 19 heavy (non-hydrogen) atoms. The summed E-state index contributed by atoms with van der Waals surface area (Å²) in [6.07, 6.45) is 1.81. The number of hydrogen-bond donors (Lipinski definition) is 1. The zero-order chi connectivity index (χ0) is 14.0. The molecule has 2 aliphatic rings. The van der Waals surface area contributed by atoms with E-state index in [2.05, 4.69) is 5.32 Å². The van der Waals surface area contributed by atoms with Gasteiger partial charge in [0.05, 0.1) is 12.2 Å². The molecule has 112 valence electrons. The number of morpholine rings is 1. The van der Waals surface area contributed by atoms with Crippen molar-refractivity contribution in [2.24, 2.45) is 0 Å². The van der Waals surface area contributed by atoms with Crippen molar-refractivity contribution in [3.8, 4) is 0 Å². The second-order valence-electron chi connectivity index (χ2n) is 5.55. The van der Waals surface area contributed by atoms with Crippen LogP contribution in [-0.2, 0) is 14.9 Å². The molecule has 0 aliphatic carbocycles. The van der Waals surface area contributed by atoms with E-state index >= 15 is 0 Å². The molecule has 3 atom stereocenters. The van der Waals surface area contributed by atoms with E-state index in [4.69, 9.17) is 4.74 Å². The van der Waals surface area contributed by atoms with Crippen molar-refractivity contribution in [2.45, 2.75) is 44.9 Å². The average molecular weight is 291 g/mol. The SMILES string of the molecule is CNCC1CCCN1S(=O)(=O)N1CC(C)OC(C)C1. The molecule has 7 heteroatoms. The highest BCUT2D eigenvalue weighted by Crippen LogP contribution is 2.25. The zero-order valence-corrected chi connectivity index (χ0v) is 12.8. The Balaban J connectivity index is 2.12. The average Bonchev–Trinajstić information content (AvgIpc) is 2.77. The first-order valence-corrected chi connectivity index (χ1v) is 8.41. The van der Waals surface area contributed by atoms with E-state index in [0.717, 1.165) is 12.8 Å². The van der Waals surface area contributed by atoms with Gasteiger partial charge in [0.25, 0.3) is 10.2 Å². The van der Waals surface area contributed by atoms with Crippen LogP contribution in [0.1, 0.15) is 26.7 Å². The fourth-order valence-corrected chi connectivity index (χ4v) is 5.03. The molecule has 0 aromatic rings. The summed E-state index contributed by atoms with van der Waals surface area (Å²) in [5.41, 5.74) is 0. The zero-order valence-electron chi connectivity index (χ0n) is 12.0.